The third kappa shape index (κ3) is 11.4. The van der Waals surface area contributed by atoms with Crippen LogP contribution in [0.1, 0.15) is 86.5 Å². The molecule has 2 fully saturated rings. The van der Waals surface area contributed by atoms with E-state index in [2.05, 4.69) is 33.9 Å². The smallest absolute Gasteiger partial charge is 0.308 e. The van der Waals surface area contributed by atoms with Crippen LogP contribution >= 0.6 is 0 Å². The number of carbonyl (C=O) groups is 1. The molecule has 0 bridgehead atoms. The standard InChI is InChI=1S/C30H56O9Si/c1-20(12-10-11-13-25(32)27-19-36-30(5,6)38-27)26(33)15-21(31)14-22-16-24(39-40(8,9)29(2,3)4)17-23(37-22)18-28(34)35-7/h11,13,20-27,31-33H,10,12,14-19H2,1-9H3/b13-11+/t20-,21-,22+,23+,24+,25+,26+,27+/m0/s1. The third-order valence-electron chi connectivity index (χ3n) is 8.56. The van der Waals surface area contributed by atoms with Crippen LogP contribution in [0, 0.1) is 5.92 Å². The molecule has 0 aliphatic carbocycles. The van der Waals surface area contributed by atoms with E-state index in [9.17, 15) is 20.1 Å². The highest BCUT2D eigenvalue weighted by molar-refractivity contribution is 6.74. The molecule has 40 heavy (non-hydrogen) atoms. The summed E-state index contributed by atoms with van der Waals surface area (Å²) in [6.45, 7) is 17.0. The van der Waals surface area contributed by atoms with E-state index >= 15 is 0 Å². The minimum atomic E-state index is -2.03. The van der Waals surface area contributed by atoms with Crippen molar-refractivity contribution in [2.24, 2.45) is 5.92 Å². The molecule has 0 aromatic carbocycles. The van der Waals surface area contributed by atoms with E-state index in [-0.39, 0.29) is 54.2 Å². The predicted molar refractivity (Wildman–Crippen MR) is 156 cm³/mol. The van der Waals surface area contributed by atoms with Crippen LogP contribution in [0.2, 0.25) is 18.1 Å². The van der Waals surface area contributed by atoms with E-state index in [1.165, 1.54) is 7.11 Å². The van der Waals surface area contributed by atoms with E-state index in [4.69, 9.17) is 23.4 Å². The largest absolute Gasteiger partial charge is 0.469 e. The molecule has 2 aliphatic heterocycles. The highest BCUT2D eigenvalue weighted by Crippen LogP contribution is 2.40. The molecule has 10 heteroatoms. The molecular formula is C30H56O9Si. The summed E-state index contributed by atoms with van der Waals surface area (Å²) in [6.07, 6.45) is 3.86. The molecule has 8 atom stereocenters. The molecule has 0 aromatic rings. The first kappa shape index (κ1) is 35.3. The van der Waals surface area contributed by atoms with Crippen molar-refractivity contribution in [3.05, 3.63) is 12.2 Å². The molecule has 9 nitrogen and oxygen atoms in total. The van der Waals surface area contributed by atoms with Gasteiger partial charge in [-0.15, -0.1) is 0 Å². The number of hydrogen-bond donors (Lipinski definition) is 3. The summed E-state index contributed by atoms with van der Waals surface area (Å²) in [5.41, 5.74) is 0. The van der Waals surface area contributed by atoms with Crippen LogP contribution in [-0.4, -0.2) is 91.8 Å². The van der Waals surface area contributed by atoms with E-state index in [1.807, 2.05) is 26.8 Å². The fourth-order valence-electron chi connectivity index (χ4n) is 5.01. The van der Waals surface area contributed by atoms with Gasteiger partial charge >= 0.3 is 5.97 Å². The zero-order valence-corrected chi connectivity index (χ0v) is 27.2. The Kier molecular flexibility index (Phi) is 13.3. The van der Waals surface area contributed by atoms with Gasteiger partial charge in [0, 0.05) is 6.10 Å². The Balaban J connectivity index is 1.85. The number of ether oxygens (including phenoxy) is 4. The van der Waals surface area contributed by atoms with Gasteiger partial charge in [-0.2, -0.15) is 0 Å². The fraction of sp³-hybridized carbons (Fsp3) is 0.900. The number of carbonyl (C=O) groups excluding carboxylic acids is 1. The highest BCUT2D eigenvalue weighted by atomic mass is 28.4. The summed E-state index contributed by atoms with van der Waals surface area (Å²) in [4.78, 5) is 12.0. The van der Waals surface area contributed by atoms with Crippen molar-refractivity contribution in [3.63, 3.8) is 0 Å². The van der Waals surface area contributed by atoms with Gasteiger partial charge in [0.2, 0.25) is 0 Å². The average molecular weight is 589 g/mol. The third-order valence-corrected chi connectivity index (χ3v) is 13.1. The van der Waals surface area contributed by atoms with Crippen molar-refractivity contribution in [3.8, 4) is 0 Å². The topological polar surface area (TPSA) is 124 Å². The second-order valence-electron chi connectivity index (χ2n) is 13.7. The summed E-state index contributed by atoms with van der Waals surface area (Å²) in [5.74, 6) is -1.03. The van der Waals surface area contributed by atoms with Gasteiger partial charge in [-0.25, -0.2) is 0 Å². The number of aliphatic hydroxyl groups excluding tert-OH is 3. The van der Waals surface area contributed by atoms with Crippen molar-refractivity contribution in [2.45, 2.75) is 153 Å². The van der Waals surface area contributed by atoms with Gasteiger partial charge in [-0.3, -0.25) is 4.79 Å². The van der Waals surface area contributed by atoms with Crippen LogP contribution in [0.4, 0.5) is 0 Å². The average Bonchev–Trinajstić information content (AvgIpc) is 3.19. The first-order valence-corrected chi connectivity index (χ1v) is 17.8. The molecule has 3 N–H and O–H groups in total. The van der Waals surface area contributed by atoms with Crippen LogP contribution < -0.4 is 0 Å². The Morgan fingerprint density at radius 1 is 1.15 bits per heavy atom. The van der Waals surface area contributed by atoms with Gasteiger partial charge in [-0.1, -0.05) is 39.8 Å². The van der Waals surface area contributed by atoms with Crippen molar-refractivity contribution >= 4 is 14.3 Å². The lowest BCUT2D eigenvalue weighted by atomic mass is 9.91. The predicted octanol–water partition coefficient (Wildman–Crippen LogP) is 4.47. The van der Waals surface area contributed by atoms with Crippen molar-refractivity contribution in [2.75, 3.05) is 13.7 Å². The minimum absolute atomic E-state index is 0.0320. The molecule has 0 saturated carbocycles. The maximum Gasteiger partial charge on any atom is 0.308 e. The number of esters is 1. The molecule has 0 unspecified atom stereocenters. The lowest BCUT2D eigenvalue weighted by Crippen LogP contribution is -2.48. The zero-order chi connectivity index (χ0) is 30.3. The number of aliphatic hydroxyl groups is 3. The lowest BCUT2D eigenvalue weighted by molar-refractivity contribution is -0.151. The molecule has 2 heterocycles. The molecule has 2 aliphatic rings. The van der Waals surface area contributed by atoms with Crippen LogP contribution in [0.25, 0.3) is 0 Å². The quantitative estimate of drug-likeness (QED) is 0.153. The second-order valence-corrected chi connectivity index (χ2v) is 18.4. The van der Waals surface area contributed by atoms with Crippen LogP contribution in [-0.2, 0) is 28.2 Å². The lowest BCUT2D eigenvalue weighted by Gasteiger charge is -2.43. The maximum atomic E-state index is 12.0. The van der Waals surface area contributed by atoms with Gasteiger partial charge in [-0.05, 0) is 76.4 Å². The van der Waals surface area contributed by atoms with Gasteiger partial charge in [0.25, 0.3) is 0 Å². The number of hydrogen-bond acceptors (Lipinski definition) is 9. The Morgan fingerprint density at radius 3 is 2.38 bits per heavy atom. The molecule has 0 radical (unpaired) electrons. The summed E-state index contributed by atoms with van der Waals surface area (Å²) in [6, 6.07) is 0. The monoisotopic (exact) mass is 588 g/mol. The van der Waals surface area contributed by atoms with Crippen molar-refractivity contribution < 1.29 is 43.5 Å². The van der Waals surface area contributed by atoms with E-state index in [1.54, 1.807) is 6.08 Å². The number of methoxy groups -OCH3 is 1. The molecule has 2 saturated heterocycles. The summed E-state index contributed by atoms with van der Waals surface area (Å²) < 4.78 is 28.9. The fourth-order valence-corrected chi connectivity index (χ4v) is 6.39. The zero-order valence-electron chi connectivity index (χ0n) is 26.2. The van der Waals surface area contributed by atoms with Crippen LogP contribution in [0.3, 0.4) is 0 Å². The van der Waals surface area contributed by atoms with Gasteiger partial charge in [0.05, 0.1) is 44.6 Å². The van der Waals surface area contributed by atoms with Crippen LogP contribution in [0.15, 0.2) is 12.2 Å². The molecule has 0 amide bonds. The molecule has 2 rings (SSSR count). The number of allylic oxidation sites excluding steroid dienone is 1. The van der Waals surface area contributed by atoms with Gasteiger partial charge in [0.15, 0.2) is 14.1 Å². The normalized spacial score (nSPS) is 28.8. The summed E-state index contributed by atoms with van der Waals surface area (Å²) in [7, 11) is -0.656. The SMILES string of the molecule is COC(=O)C[C@H]1C[C@H](O[Si](C)(C)C(C)(C)C)C[C@@H](C[C@H](O)C[C@@H](O)[C@@H](C)CC/C=C/[C@@H](O)[C@H]2COC(C)(C)O2)O1. The maximum absolute atomic E-state index is 12.0. The molecule has 0 aromatic heterocycles. The van der Waals surface area contributed by atoms with Crippen LogP contribution in [0.5, 0.6) is 0 Å². The van der Waals surface area contributed by atoms with Crippen molar-refractivity contribution in [1.82, 2.24) is 0 Å². The first-order valence-electron chi connectivity index (χ1n) is 14.8. The van der Waals surface area contributed by atoms with Gasteiger partial charge < -0.3 is 38.7 Å². The molecule has 0 spiro atoms. The summed E-state index contributed by atoms with van der Waals surface area (Å²) >= 11 is 0. The summed E-state index contributed by atoms with van der Waals surface area (Å²) in [5, 5.41) is 32.0. The van der Waals surface area contributed by atoms with E-state index in [0.717, 1.165) is 0 Å². The second kappa shape index (κ2) is 15.0. The molecule has 234 valence electrons. The Morgan fingerprint density at radius 2 is 1.80 bits per heavy atom. The van der Waals surface area contributed by atoms with E-state index in [0.29, 0.717) is 38.7 Å². The van der Waals surface area contributed by atoms with E-state index < -0.39 is 32.4 Å². The Hall–Kier alpha value is -0.853. The number of rotatable bonds is 14. The highest BCUT2D eigenvalue weighted by Gasteiger charge is 2.42. The van der Waals surface area contributed by atoms with Gasteiger partial charge in [0.1, 0.15) is 12.2 Å². The Labute approximate surface area is 242 Å². The van der Waals surface area contributed by atoms with Crippen molar-refractivity contribution in [1.29, 1.82) is 0 Å². The molecular weight excluding hydrogens is 532 g/mol. The minimum Gasteiger partial charge on any atom is -0.469 e. The first-order chi connectivity index (χ1) is 18.4. The Bertz CT molecular complexity index is 809.